The van der Waals surface area contributed by atoms with Crippen molar-refractivity contribution in [2.24, 2.45) is 5.41 Å². The van der Waals surface area contributed by atoms with Crippen molar-refractivity contribution in [1.82, 2.24) is 0 Å². The van der Waals surface area contributed by atoms with Gasteiger partial charge in [0.25, 0.3) is 0 Å². The average Bonchev–Trinajstić information content (AvgIpc) is 2.71. The van der Waals surface area contributed by atoms with Crippen LogP contribution < -0.4 is 10.6 Å². The largest absolute Gasteiger partial charge is 0.372 e. The van der Waals surface area contributed by atoms with Gasteiger partial charge in [-0.05, 0) is 61.4 Å². The minimum absolute atomic E-state index is 0.0228. The van der Waals surface area contributed by atoms with E-state index in [1.54, 1.807) is 0 Å². The van der Waals surface area contributed by atoms with Gasteiger partial charge in [0.15, 0.2) is 5.78 Å². The lowest BCUT2D eigenvalue weighted by molar-refractivity contribution is -0.118. The number of hydrogen-bond donors (Lipinski definition) is 2. The van der Waals surface area contributed by atoms with Crippen LogP contribution in [-0.4, -0.2) is 5.78 Å². The number of ketones is 1. The van der Waals surface area contributed by atoms with E-state index in [1.165, 1.54) is 16.7 Å². The number of nitrogens with one attached hydrogen (secondary N) is 2. The summed E-state index contributed by atoms with van der Waals surface area (Å²) in [4.78, 5) is 13.2. The van der Waals surface area contributed by atoms with Gasteiger partial charge in [-0.2, -0.15) is 0 Å². The van der Waals surface area contributed by atoms with E-state index in [9.17, 15) is 4.79 Å². The van der Waals surface area contributed by atoms with Crippen LogP contribution in [-0.2, 0) is 4.79 Å². The van der Waals surface area contributed by atoms with Gasteiger partial charge < -0.3 is 10.6 Å². The highest BCUT2D eigenvalue weighted by Crippen LogP contribution is 2.45. The molecule has 3 nitrogen and oxygen atoms in total. The van der Waals surface area contributed by atoms with E-state index in [1.807, 2.05) is 0 Å². The van der Waals surface area contributed by atoms with Crippen molar-refractivity contribution in [3.63, 3.8) is 0 Å². The molecule has 1 aliphatic carbocycles. The number of anilines is 2. The summed E-state index contributed by atoms with van der Waals surface area (Å²) in [6.07, 6.45) is 1.47. The second-order valence-corrected chi connectivity index (χ2v) is 8.93. The molecule has 1 heterocycles. The number of hydrogen-bond acceptors (Lipinski definition) is 3. The Morgan fingerprint density at radius 3 is 2.22 bits per heavy atom. The molecule has 1 aliphatic heterocycles. The highest BCUT2D eigenvalue weighted by molar-refractivity contribution is 6.01. The molecular formula is C24H28N2O. The van der Waals surface area contributed by atoms with Crippen LogP contribution in [0.15, 0.2) is 47.7 Å². The molecule has 2 aromatic rings. The first-order chi connectivity index (χ1) is 12.7. The van der Waals surface area contributed by atoms with Crippen molar-refractivity contribution in [2.45, 2.75) is 53.5 Å². The number of carbonyl (C=O) groups excluding carboxylic acids is 1. The molecule has 1 atom stereocenters. The Hall–Kier alpha value is -2.55. The topological polar surface area (TPSA) is 41.1 Å². The zero-order valence-corrected chi connectivity index (χ0v) is 16.9. The van der Waals surface area contributed by atoms with Gasteiger partial charge in [0.2, 0.25) is 0 Å². The highest BCUT2D eigenvalue weighted by atomic mass is 16.1. The number of fused-ring (bicyclic) bond motifs is 1. The maximum atomic E-state index is 13.2. The molecule has 0 saturated heterocycles. The number of Topliss-reactive ketones (excluding diaryl/α,β-unsaturated/α-hetero) is 1. The molecule has 2 aromatic carbocycles. The first-order valence-electron chi connectivity index (χ1n) is 9.71. The Balaban J connectivity index is 1.90. The number of rotatable bonds is 1. The normalized spacial score (nSPS) is 20.9. The van der Waals surface area contributed by atoms with Gasteiger partial charge in [-0.15, -0.1) is 0 Å². The number of benzene rings is 2. The molecule has 0 spiro atoms. The molecule has 0 unspecified atom stereocenters. The van der Waals surface area contributed by atoms with E-state index >= 15 is 0 Å². The molecule has 0 fully saturated rings. The van der Waals surface area contributed by atoms with Crippen LogP contribution in [0.1, 0.15) is 55.0 Å². The monoisotopic (exact) mass is 360 g/mol. The summed E-state index contributed by atoms with van der Waals surface area (Å²) in [6, 6.07) is 12.8. The summed E-state index contributed by atoms with van der Waals surface area (Å²) in [5.41, 5.74) is 8.91. The second kappa shape index (κ2) is 6.26. The Morgan fingerprint density at radius 1 is 0.926 bits per heavy atom. The van der Waals surface area contributed by atoms with E-state index in [2.05, 4.69) is 81.7 Å². The summed E-state index contributed by atoms with van der Waals surface area (Å²) >= 11 is 0. The van der Waals surface area contributed by atoms with Crippen molar-refractivity contribution in [1.29, 1.82) is 0 Å². The van der Waals surface area contributed by atoms with E-state index in [0.29, 0.717) is 6.42 Å². The van der Waals surface area contributed by atoms with Crippen LogP contribution in [0, 0.1) is 26.2 Å². The maximum absolute atomic E-state index is 13.2. The van der Waals surface area contributed by atoms with E-state index in [0.717, 1.165) is 34.6 Å². The van der Waals surface area contributed by atoms with Crippen molar-refractivity contribution >= 4 is 17.2 Å². The van der Waals surface area contributed by atoms with Crippen LogP contribution in [0.25, 0.3) is 0 Å². The van der Waals surface area contributed by atoms with Gasteiger partial charge in [0, 0.05) is 17.7 Å². The van der Waals surface area contributed by atoms with Crippen LogP contribution in [0.2, 0.25) is 0 Å². The molecule has 140 valence electrons. The van der Waals surface area contributed by atoms with E-state index in [4.69, 9.17) is 0 Å². The lowest BCUT2D eigenvalue weighted by atomic mass is 9.73. The molecule has 0 radical (unpaired) electrons. The predicted molar refractivity (Wildman–Crippen MR) is 112 cm³/mol. The third-order valence-electron chi connectivity index (χ3n) is 5.84. The summed E-state index contributed by atoms with van der Waals surface area (Å²) < 4.78 is 0. The number of allylic oxidation sites excluding steroid dienone is 1. The van der Waals surface area contributed by atoms with Crippen LogP contribution in [0.4, 0.5) is 11.4 Å². The van der Waals surface area contributed by atoms with E-state index < -0.39 is 0 Å². The lowest BCUT2D eigenvalue weighted by Crippen LogP contribution is -2.31. The summed E-state index contributed by atoms with van der Waals surface area (Å²) in [6.45, 7) is 10.7. The first-order valence-corrected chi connectivity index (χ1v) is 9.71. The second-order valence-electron chi connectivity index (χ2n) is 8.93. The molecular weight excluding hydrogens is 332 g/mol. The summed E-state index contributed by atoms with van der Waals surface area (Å²) in [5, 5.41) is 7.30. The molecule has 0 amide bonds. The fourth-order valence-corrected chi connectivity index (χ4v) is 4.22. The van der Waals surface area contributed by atoms with Gasteiger partial charge in [-0.3, -0.25) is 4.79 Å². The van der Waals surface area contributed by atoms with Gasteiger partial charge in [-0.1, -0.05) is 43.7 Å². The minimum Gasteiger partial charge on any atom is -0.372 e. The standard InChI is InChI=1S/C24H28N2O/c1-14-6-8-17(9-7-14)23-22-20(12-24(4,5)13-21(22)27)25-18-10-15(2)16(3)11-19(18)26-23/h6-11,23,25-26H,12-13H2,1-5H3/t23-/m0/s1. The molecule has 2 N–H and O–H groups in total. The molecule has 0 saturated carbocycles. The van der Waals surface area contributed by atoms with Crippen molar-refractivity contribution in [3.05, 3.63) is 69.9 Å². The highest BCUT2D eigenvalue weighted by Gasteiger charge is 2.38. The molecule has 27 heavy (non-hydrogen) atoms. The van der Waals surface area contributed by atoms with Gasteiger partial charge in [-0.25, -0.2) is 0 Å². The molecule has 2 aliphatic rings. The Bertz CT molecular complexity index is 951. The van der Waals surface area contributed by atoms with Crippen molar-refractivity contribution in [3.8, 4) is 0 Å². The van der Waals surface area contributed by atoms with Crippen LogP contribution in [0.3, 0.4) is 0 Å². The summed E-state index contributed by atoms with van der Waals surface area (Å²) in [7, 11) is 0. The average molecular weight is 361 g/mol. The summed E-state index contributed by atoms with van der Waals surface area (Å²) in [5.74, 6) is 0.244. The maximum Gasteiger partial charge on any atom is 0.163 e. The van der Waals surface area contributed by atoms with Crippen molar-refractivity contribution in [2.75, 3.05) is 10.6 Å². The third kappa shape index (κ3) is 3.27. The SMILES string of the molecule is Cc1ccc([C@@H]2Nc3cc(C)c(C)cc3NC3=C2C(=O)CC(C)(C)C3)cc1. The number of carbonyl (C=O) groups is 1. The lowest BCUT2D eigenvalue weighted by Gasteiger charge is -2.34. The quantitative estimate of drug-likeness (QED) is 0.672. The Morgan fingerprint density at radius 2 is 1.56 bits per heavy atom. The minimum atomic E-state index is -0.125. The molecule has 4 rings (SSSR count). The number of aryl methyl sites for hydroxylation is 3. The molecule has 0 aromatic heterocycles. The predicted octanol–water partition coefficient (Wildman–Crippen LogP) is 5.83. The van der Waals surface area contributed by atoms with Gasteiger partial charge in [0.1, 0.15) is 0 Å². The van der Waals surface area contributed by atoms with Crippen LogP contribution >= 0.6 is 0 Å². The molecule has 3 heteroatoms. The Kier molecular flexibility index (Phi) is 4.14. The van der Waals surface area contributed by atoms with Crippen LogP contribution in [0.5, 0.6) is 0 Å². The fourth-order valence-electron chi connectivity index (χ4n) is 4.22. The first kappa shape index (κ1) is 17.8. The third-order valence-corrected chi connectivity index (χ3v) is 5.84. The smallest absolute Gasteiger partial charge is 0.163 e. The zero-order chi connectivity index (χ0) is 19.3. The van der Waals surface area contributed by atoms with Gasteiger partial charge >= 0.3 is 0 Å². The van der Waals surface area contributed by atoms with E-state index in [-0.39, 0.29) is 17.2 Å². The molecule has 0 bridgehead atoms. The van der Waals surface area contributed by atoms with Crippen molar-refractivity contribution < 1.29 is 4.79 Å². The fraction of sp³-hybridized carbons (Fsp3) is 0.375. The van der Waals surface area contributed by atoms with Gasteiger partial charge in [0.05, 0.1) is 17.4 Å². The zero-order valence-electron chi connectivity index (χ0n) is 16.9. The Labute approximate surface area is 161 Å².